The molecule has 1 aromatic heterocycles. The molecule has 0 spiro atoms. The molecule has 0 radical (unpaired) electrons. The second-order valence-corrected chi connectivity index (χ2v) is 2.07. The van der Waals surface area contributed by atoms with Crippen molar-refractivity contribution in [1.82, 2.24) is 4.98 Å². The highest BCUT2D eigenvalue weighted by Crippen LogP contribution is 2.13. The van der Waals surface area contributed by atoms with Crippen molar-refractivity contribution in [3.63, 3.8) is 0 Å². The van der Waals surface area contributed by atoms with Crippen LogP contribution in [0.5, 0.6) is 5.75 Å². The molecule has 0 amide bonds. The lowest BCUT2D eigenvalue weighted by Crippen LogP contribution is -1.93. The van der Waals surface area contributed by atoms with Gasteiger partial charge >= 0.3 is 0 Å². The molecule has 54 valence electrons. The molecular weight excluding hydrogens is 126 g/mol. The fourth-order valence-corrected chi connectivity index (χ4v) is 0.778. The summed E-state index contributed by atoms with van der Waals surface area (Å²) in [4.78, 5) is 3.95. The van der Waals surface area contributed by atoms with Crippen molar-refractivity contribution in [2.45, 2.75) is 13.8 Å². The van der Waals surface area contributed by atoms with E-state index in [1.54, 1.807) is 12.4 Å². The Morgan fingerprint density at radius 1 is 1.60 bits per heavy atom. The summed E-state index contributed by atoms with van der Waals surface area (Å²) < 4.78 is 5.30. The van der Waals surface area contributed by atoms with Gasteiger partial charge in [-0.2, -0.15) is 0 Å². The predicted molar refractivity (Wildman–Crippen MR) is 40.1 cm³/mol. The van der Waals surface area contributed by atoms with Gasteiger partial charge in [-0.25, -0.2) is 0 Å². The van der Waals surface area contributed by atoms with Crippen molar-refractivity contribution in [3.8, 4) is 5.75 Å². The van der Waals surface area contributed by atoms with Crippen LogP contribution in [0.25, 0.3) is 0 Å². The van der Waals surface area contributed by atoms with Gasteiger partial charge in [0.25, 0.3) is 0 Å². The maximum atomic E-state index is 5.30. The van der Waals surface area contributed by atoms with E-state index in [0.717, 1.165) is 11.3 Å². The maximum absolute atomic E-state index is 5.30. The number of pyridine rings is 1. The predicted octanol–water partition coefficient (Wildman–Crippen LogP) is 1.79. The van der Waals surface area contributed by atoms with Gasteiger partial charge in [-0.3, -0.25) is 4.98 Å². The fourth-order valence-electron chi connectivity index (χ4n) is 0.778. The standard InChI is InChI=1S/C8H11NO/c1-3-10-8-4-5-9-6-7(8)2/h4-6H,3H2,1-2H3. The summed E-state index contributed by atoms with van der Waals surface area (Å²) in [5.74, 6) is 0.928. The number of hydrogen-bond donors (Lipinski definition) is 0. The largest absolute Gasteiger partial charge is 0.493 e. The molecule has 2 nitrogen and oxygen atoms in total. The molecule has 0 aromatic carbocycles. The number of hydrogen-bond acceptors (Lipinski definition) is 2. The van der Waals surface area contributed by atoms with Crippen LogP contribution in [0.3, 0.4) is 0 Å². The molecule has 10 heavy (non-hydrogen) atoms. The molecule has 0 unspecified atom stereocenters. The minimum Gasteiger partial charge on any atom is -0.493 e. The summed E-state index contributed by atoms with van der Waals surface area (Å²) in [5, 5.41) is 0. The monoisotopic (exact) mass is 137 g/mol. The minimum absolute atomic E-state index is 0.713. The molecule has 0 aliphatic heterocycles. The van der Waals surface area contributed by atoms with Gasteiger partial charge in [-0.1, -0.05) is 0 Å². The van der Waals surface area contributed by atoms with Crippen LogP contribution in [0.15, 0.2) is 18.5 Å². The Hall–Kier alpha value is -1.05. The van der Waals surface area contributed by atoms with Crippen molar-refractivity contribution in [1.29, 1.82) is 0 Å². The van der Waals surface area contributed by atoms with Crippen LogP contribution in [0, 0.1) is 6.92 Å². The third-order valence-electron chi connectivity index (χ3n) is 1.27. The van der Waals surface area contributed by atoms with Crippen molar-refractivity contribution >= 4 is 0 Å². The maximum Gasteiger partial charge on any atom is 0.125 e. The third-order valence-corrected chi connectivity index (χ3v) is 1.27. The van der Waals surface area contributed by atoms with Crippen molar-refractivity contribution in [2.24, 2.45) is 0 Å². The molecule has 0 fully saturated rings. The molecule has 0 saturated carbocycles. The Labute approximate surface area is 60.9 Å². The van der Waals surface area contributed by atoms with Gasteiger partial charge in [-0.15, -0.1) is 0 Å². The first-order chi connectivity index (χ1) is 4.84. The highest BCUT2D eigenvalue weighted by Gasteiger charge is 1.94. The van der Waals surface area contributed by atoms with E-state index in [1.165, 1.54) is 0 Å². The van der Waals surface area contributed by atoms with Crippen LogP contribution in [-0.2, 0) is 0 Å². The molecule has 0 atom stereocenters. The molecule has 1 aromatic rings. The Kier molecular flexibility index (Phi) is 2.26. The Bertz CT molecular complexity index is 210. The smallest absolute Gasteiger partial charge is 0.125 e. The highest BCUT2D eigenvalue weighted by atomic mass is 16.5. The Morgan fingerprint density at radius 2 is 2.40 bits per heavy atom. The topological polar surface area (TPSA) is 22.1 Å². The summed E-state index contributed by atoms with van der Waals surface area (Å²) in [6.45, 7) is 4.67. The zero-order valence-electron chi connectivity index (χ0n) is 6.29. The van der Waals surface area contributed by atoms with E-state index in [4.69, 9.17) is 4.74 Å². The zero-order valence-corrected chi connectivity index (χ0v) is 6.29. The molecule has 2 heteroatoms. The van der Waals surface area contributed by atoms with E-state index in [0.29, 0.717) is 6.61 Å². The van der Waals surface area contributed by atoms with Gasteiger partial charge in [-0.05, 0) is 19.9 Å². The van der Waals surface area contributed by atoms with E-state index >= 15 is 0 Å². The fraction of sp³-hybridized carbons (Fsp3) is 0.375. The van der Waals surface area contributed by atoms with Crippen molar-refractivity contribution in [2.75, 3.05) is 6.61 Å². The summed E-state index contributed by atoms with van der Waals surface area (Å²) in [7, 11) is 0. The molecule has 1 rings (SSSR count). The zero-order chi connectivity index (χ0) is 7.40. The lowest BCUT2D eigenvalue weighted by atomic mass is 10.3. The first kappa shape index (κ1) is 7.06. The van der Waals surface area contributed by atoms with Crippen LogP contribution in [0.1, 0.15) is 12.5 Å². The second-order valence-electron chi connectivity index (χ2n) is 2.07. The first-order valence-corrected chi connectivity index (χ1v) is 3.38. The van der Waals surface area contributed by atoms with Crippen LogP contribution in [0.4, 0.5) is 0 Å². The van der Waals surface area contributed by atoms with Crippen molar-refractivity contribution < 1.29 is 4.74 Å². The number of nitrogens with zero attached hydrogens (tertiary/aromatic N) is 1. The van der Waals surface area contributed by atoms with Crippen LogP contribution in [0.2, 0.25) is 0 Å². The van der Waals surface area contributed by atoms with Gasteiger partial charge in [0, 0.05) is 18.0 Å². The number of ether oxygens (including phenoxy) is 1. The quantitative estimate of drug-likeness (QED) is 0.620. The average molecular weight is 137 g/mol. The van der Waals surface area contributed by atoms with Crippen molar-refractivity contribution in [3.05, 3.63) is 24.0 Å². The Morgan fingerprint density at radius 3 is 3.00 bits per heavy atom. The van der Waals surface area contributed by atoms with E-state index in [2.05, 4.69) is 4.98 Å². The minimum atomic E-state index is 0.713. The molecule has 0 aliphatic carbocycles. The van der Waals surface area contributed by atoms with Crippen LogP contribution < -0.4 is 4.74 Å². The molecule has 0 aliphatic rings. The first-order valence-electron chi connectivity index (χ1n) is 3.38. The SMILES string of the molecule is CCOc1ccncc1C. The molecule has 1 heterocycles. The van der Waals surface area contributed by atoms with Crippen LogP contribution >= 0.6 is 0 Å². The van der Waals surface area contributed by atoms with E-state index in [9.17, 15) is 0 Å². The summed E-state index contributed by atoms with van der Waals surface area (Å²) in [6.07, 6.45) is 3.53. The Balaban J connectivity index is 2.81. The van der Waals surface area contributed by atoms with E-state index in [1.807, 2.05) is 19.9 Å². The second kappa shape index (κ2) is 3.20. The summed E-state index contributed by atoms with van der Waals surface area (Å²) in [6, 6.07) is 1.87. The average Bonchev–Trinajstić information content (AvgIpc) is 1.94. The third kappa shape index (κ3) is 1.47. The van der Waals surface area contributed by atoms with Gasteiger partial charge in [0.15, 0.2) is 0 Å². The van der Waals surface area contributed by atoms with Crippen LogP contribution in [-0.4, -0.2) is 11.6 Å². The molecular formula is C8H11NO. The number of rotatable bonds is 2. The van der Waals surface area contributed by atoms with Gasteiger partial charge in [0.2, 0.25) is 0 Å². The highest BCUT2D eigenvalue weighted by molar-refractivity contribution is 5.28. The van der Waals surface area contributed by atoms with Gasteiger partial charge < -0.3 is 4.74 Å². The van der Waals surface area contributed by atoms with Gasteiger partial charge in [0.05, 0.1) is 6.61 Å². The molecule has 0 saturated heterocycles. The lowest BCUT2D eigenvalue weighted by molar-refractivity contribution is 0.337. The number of aryl methyl sites for hydroxylation is 1. The molecule has 0 bridgehead atoms. The summed E-state index contributed by atoms with van der Waals surface area (Å²) >= 11 is 0. The van der Waals surface area contributed by atoms with E-state index in [-0.39, 0.29) is 0 Å². The van der Waals surface area contributed by atoms with Gasteiger partial charge in [0.1, 0.15) is 5.75 Å². The molecule has 0 N–H and O–H groups in total. The number of aromatic nitrogens is 1. The lowest BCUT2D eigenvalue weighted by Gasteiger charge is -2.03. The van der Waals surface area contributed by atoms with E-state index < -0.39 is 0 Å². The summed E-state index contributed by atoms with van der Waals surface area (Å²) in [5.41, 5.74) is 1.09. The normalized spacial score (nSPS) is 9.40.